The molecule has 0 amide bonds. The lowest BCUT2D eigenvalue weighted by Crippen LogP contribution is -2.09. The Bertz CT molecular complexity index is 531. The van der Waals surface area contributed by atoms with E-state index in [1.54, 1.807) is 5.56 Å². The number of allylic oxidation sites excluding steroid dienone is 5. The van der Waals surface area contributed by atoms with Crippen LogP contribution in [0.3, 0.4) is 0 Å². The minimum atomic E-state index is 0.378. The number of hydrogen-bond donors (Lipinski definition) is 0. The highest BCUT2D eigenvalue weighted by Gasteiger charge is 2.57. The summed E-state index contributed by atoms with van der Waals surface area (Å²) in [5.41, 5.74) is 4.85. The average Bonchev–Trinajstić information content (AvgIpc) is 3.01. The molecule has 0 heterocycles. The van der Waals surface area contributed by atoms with E-state index in [4.69, 9.17) is 0 Å². The minimum absolute atomic E-state index is 0.378. The van der Waals surface area contributed by atoms with Crippen LogP contribution in [0.2, 0.25) is 0 Å². The van der Waals surface area contributed by atoms with Crippen LogP contribution < -0.4 is 0 Å². The summed E-state index contributed by atoms with van der Waals surface area (Å²) in [5, 5.41) is 0. The van der Waals surface area contributed by atoms with E-state index in [1.807, 2.05) is 0 Å². The Morgan fingerprint density at radius 3 is 3.07 bits per heavy atom. The van der Waals surface area contributed by atoms with Crippen molar-refractivity contribution in [3.8, 4) is 0 Å². The molecule has 2 atom stereocenters. The van der Waals surface area contributed by atoms with Gasteiger partial charge in [-0.15, -0.1) is 0 Å². The van der Waals surface area contributed by atoms with Gasteiger partial charge in [0.15, 0.2) is 0 Å². The third-order valence-electron chi connectivity index (χ3n) is 4.00. The van der Waals surface area contributed by atoms with Gasteiger partial charge in [0.2, 0.25) is 0 Å². The van der Waals surface area contributed by atoms with Crippen LogP contribution in [0.25, 0.3) is 6.08 Å². The van der Waals surface area contributed by atoms with Crippen LogP contribution in [0, 0.1) is 5.41 Å². The maximum Gasteiger partial charge on any atom is 0.0211 e. The monoisotopic (exact) mass is 192 g/mol. The SMILES string of the molecule is C1=CC2=Cc3ccccc3C3CC23C=C1. The molecule has 1 aromatic carbocycles. The third kappa shape index (κ3) is 0.829. The molecule has 1 saturated carbocycles. The van der Waals surface area contributed by atoms with Crippen LogP contribution in [0.1, 0.15) is 23.5 Å². The smallest absolute Gasteiger partial charge is 0.0211 e. The zero-order valence-electron chi connectivity index (χ0n) is 8.48. The van der Waals surface area contributed by atoms with E-state index in [2.05, 4.69) is 54.6 Å². The van der Waals surface area contributed by atoms with E-state index in [-0.39, 0.29) is 0 Å². The van der Waals surface area contributed by atoms with Crippen molar-refractivity contribution in [1.82, 2.24) is 0 Å². The highest BCUT2D eigenvalue weighted by Crippen LogP contribution is 2.68. The Kier molecular flexibility index (Phi) is 1.19. The van der Waals surface area contributed by atoms with E-state index < -0.39 is 0 Å². The second-order valence-corrected chi connectivity index (χ2v) is 4.74. The van der Waals surface area contributed by atoms with Gasteiger partial charge >= 0.3 is 0 Å². The van der Waals surface area contributed by atoms with Crippen molar-refractivity contribution < 1.29 is 0 Å². The summed E-state index contributed by atoms with van der Waals surface area (Å²) in [6.45, 7) is 0. The summed E-state index contributed by atoms with van der Waals surface area (Å²) in [5.74, 6) is 0.745. The first kappa shape index (κ1) is 7.70. The highest BCUT2D eigenvalue weighted by molar-refractivity contribution is 5.71. The summed E-state index contributed by atoms with van der Waals surface area (Å²) in [4.78, 5) is 0. The van der Waals surface area contributed by atoms with Gasteiger partial charge in [-0.1, -0.05) is 54.6 Å². The van der Waals surface area contributed by atoms with Gasteiger partial charge in [-0.3, -0.25) is 0 Å². The Morgan fingerprint density at radius 2 is 2.07 bits per heavy atom. The molecule has 0 aliphatic heterocycles. The topological polar surface area (TPSA) is 0 Å². The molecule has 0 saturated heterocycles. The Labute approximate surface area is 89.6 Å². The van der Waals surface area contributed by atoms with Crippen LogP contribution in [-0.4, -0.2) is 0 Å². The second-order valence-electron chi connectivity index (χ2n) is 4.74. The van der Waals surface area contributed by atoms with Gasteiger partial charge in [0.05, 0.1) is 0 Å². The Morgan fingerprint density at radius 1 is 1.13 bits per heavy atom. The maximum atomic E-state index is 2.39. The molecule has 0 N–H and O–H groups in total. The van der Waals surface area contributed by atoms with Gasteiger partial charge in [0.1, 0.15) is 0 Å². The van der Waals surface area contributed by atoms with Gasteiger partial charge in [-0.05, 0) is 29.0 Å². The molecule has 3 aliphatic rings. The first-order valence-electron chi connectivity index (χ1n) is 5.57. The lowest BCUT2D eigenvalue weighted by molar-refractivity contribution is 0.756. The maximum absolute atomic E-state index is 2.39. The summed E-state index contributed by atoms with van der Waals surface area (Å²) >= 11 is 0. The predicted molar refractivity (Wildman–Crippen MR) is 62.5 cm³/mol. The third-order valence-corrected chi connectivity index (χ3v) is 4.00. The molecule has 72 valence electrons. The molecule has 1 spiro atoms. The lowest BCUT2D eigenvalue weighted by atomic mass is 9.81. The fourth-order valence-corrected chi connectivity index (χ4v) is 3.12. The molecule has 1 aromatic rings. The Balaban J connectivity index is 2.00. The predicted octanol–water partition coefficient (Wildman–Crippen LogP) is 3.68. The van der Waals surface area contributed by atoms with Crippen molar-refractivity contribution in [1.29, 1.82) is 0 Å². The molecule has 0 radical (unpaired) electrons. The van der Waals surface area contributed by atoms with Gasteiger partial charge in [-0.2, -0.15) is 0 Å². The van der Waals surface area contributed by atoms with Crippen molar-refractivity contribution in [3.05, 3.63) is 65.3 Å². The first-order chi connectivity index (χ1) is 7.40. The van der Waals surface area contributed by atoms with Gasteiger partial charge < -0.3 is 0 Å². The van der Waals surface area contributed by atoms with Crippen LogP contribution in [0.5, 0.6) is 0 Å². The molecule has 0 nitrogen and oxygen atoms in total. The number of rotatable bonds is 0. The quantitative estimate of drug-likeness (QED) is 0.588. The number of fused-ring (bicyclic) bond motifs is 2. The standard InChI is InChI=1S/C15H12/c1-2-7-13-11(5-1)9-12-6-3-4-8-15(12)10-14(13)15/h1-9,14H,10H2. The van der Waals surface area contributed by atoms with Crippen molar-refractivity contribution in [2.24, 2.45) is 5.41 Å². The van der Waals surface area contributed by atoms with Gasteiger partial charge in [0.25, 0.3) is 0 Å². The molecular formula is C15H12. The van der Waals surface area contributed by atoms with Gasteiger partial charge in [0, 0.05) is 5.41 Å². The summed E-state index contributed by atoms with van der Waals surface area (Å²) in [7, 11) is 0. The molecule has 3 aliphatic carbocycles. The lowest BCUT2D eigenvalue weighted by Gasteiger charge is -2.23. The molecular weight excluding hydrogens is 180 g/mol. The molecule has 1 fully saturated rings. The minimum Gasteiger partial charge on any atom is -0.0733 e. The van der Waals surface area contributed by atoms with E-state index in [0.29, 0.717) is 5.41 Å². The molecule has 2 unspecified atom stereocenters. The molecule has 4 rings (SSSR count). The number of benzene rings is 1. The molecule has 15 heavy (non-hydrogen) atoms. The average molecular weight is 192 g/mol. The first-order valence-corrected chi connectivity index (χ1v) is 5.57. The van der Waals surface area contributed by atoms with E-state index in [9.17, 15) is 0 Å². The molecule has 0 heteroatoms. The summed E-state index contributed by atoms with van der Waals surface area (Å²) < 4.78 is 0. The van der Waals surface area contributed by atoms with Crippen LogP contribution in [-0.2, 0) is 0 Å². The van der Waals surface area contributed by atoms with E-state index in [0.717, 1.165) is 5.92 Å². The Hall–Kier alpha value is -1.56. The van der Waals surface area contributed by atoms with Gasteiger partial charge in [-0.25, -0.2) is 0 Å². The van der Waals surface area contributed by atoms with E-state index >= 15 is 0 Å². The number of hydrogen-bond acceptors (Lipinski definition) is 0. The van der Waals surface area contributed by atoms with Crippen LogP contribution in [0.4, 0.5) is 0 Å². The zero-order valence-corrected chi connectivity index (χ0v) is 8.48. The normalized spacial score (nSPS) is 33.9. The second kappa shape index (κ2) is 2.33. The van der Waals surface area contributed by atoms with E-state index in [1.165, 1.54) is 17.6 Å². The fourth-order valence-electron chi connectivity index (χ4n) is 3.12. The highest BCUT2D eigenvalue weighted by atomic mass is 14.6. The van der Waals surface area contributed by atoms with Crippen molar-refractivity contribution in [2.75, 3.05) is 0 Å². The summed E-state index contributed by atoms with van der Waals surface area (Å²) in [6.07, 6.45) is 12.7. The van der Waals surface area contributed by atoms with Crippen molar-refractivity contribution >= 4 is 6.08 Å². The van der Waals surface area contributed by atoms with Crippen molar-refractivity contribution in [2.45, 2.75) is 12.3 Å². The largest absolute Gasteiger partial charge is 0.0733 e. The summed E-state index contributed by atoms with van der Waals surface area (Å²) in [6, 6.07) is 8.81. The van der Waals surface area contributed by atoms with Crippen molar-refractivity contribution in [3.63, 3.8) is 0 Å². The zero-order chi connectivity index (χ0) is 9.88. The van der Waals surface area contributed by atoms with Crippen LogP contribution in [0.15, 0.2) is 54.1 Å². The molecule has 0 bridgehead atoms. The fraction of sp³-hybridized carbons (Fsp3) is 0.200. The molecule has 0 aromatic heterocycles. The van der Waals surface area contributed by atoms with Crippen LogP contribution >= 0.6 is 0 Å².